The molecule has 0 radical (unpaired) electrons. The van der Waals surface area contributed by atoms with Crippen molar-refractivity contribution in [3.63, 3.8) is 0 Å². The Hall–Kier alpha value is -2.19. The van der Waals surface area contributed by atoms with Gasteiger partial charge in [-0.15, -0.1) is 0 Å². The average Bonchev–Trinajstić information content (AvgIpc) is 2.90. The second-order valence-corrected chi connectivity index (χ2v) is 8.43. The molecule has 0 aliphatic heterocycles. The molecule has 2 rings (SSSR count). The lowest BCUT2D eigenvalue weighted by Gasteiger charge is -2.19. The Morgan fingerprint density at radius 3 is 2.60 bits per heavy atom. The van der Waals surface area contributed by atoms with Gasteiger partial charge in [0.25, 0.3) is 5.91 Å². The highest BCUT2D eigenvalue weighted by atomic mass is 32.2. The van der Waals surface area contributed by atoms with Crippen LogP contribution in [0.2, 0.25) is 0 Å². The predicted molar refractivity (Wildman–Crippen MR) is 94.6 cm³/mol. The quantitative estimate of drug-likeness (QED) is 0.870. The Bertz CT molecular complexity index is 1010. The van der Waals surface area contributed by atoms with Gasteiger partial charge < -0.3 is 9.88 Å². The number of nitrogens with one attached hydrogen (secondary N) is 2. The van der Waals surface area contributed by atoms with Crippen LogP contribution < -0.4 is 10.0 Å². The smallest absolute Gasteiger partial charge is 0.272 e. The van der Waals surface area contributed by atoms with Crippen molar-refractivity contribution < 1.29 is 20.3 Å². The van der Waals surface area contributed by atoms with E-state index in [0.717, 1.165) is 6.07 Å². The minimum Gasteiger partial charge on any atom is -0.345 e. The fraction of sp³-hybridized carbons (Fsp3) is 0.353. The Balaban J connectivity index is 2.37. The Labute approximate surface area is 149 Å². The second kappa shape index (κ2) is 6.61. The van der Waals surface area contributed by atoms with Crippen LogP contribution in [0.5, 0.6) is 0 Å². The van der Waals surface area contributed by atoms with E-state index in [2.05, 4.69) is 10.0 Å². The molecule has 0 saturated carbocycles. The Kier molecular flexibility index (Phi) is 4.30. The van der Waals surface area contributed by atoms with Crippen molar-refractivity contribution in [1.29, 1.82) is 0 Å². The van der Waals surface area contributed by atoms with E-state index in [9.17, 15) is 17.6 Å². The van der Waals surface area contributed by atoms with Gasteiger partial charge in [-0.1, -0.05) is 0 Å². The molecule has 0 spiro atoms. The number of aromatic nitrogens is 1. The van der Waals surface area contributed by atoms with Crippen molar-refractivity contribution in [3.8, 4) is 0 Å². The van der Waals surface area contributed by atoms with E-state index in [0.29, 0.717) is 0 Å². The van der Waals surface area contributed by atoms with Gasteiger partial charge in [-0.05, 0) is 57.5 Å². The number of hydrogen-bond donors (Lipinski definition) is 2. The number of anilines is 1. The molecule has 1 heterocycles. The zero-order valence-corrected chi connectivity index (χ0v) is 15.5. The molecule has 2 aromatic rings. The Morgan fingerprint density at radius 2 is 2.00 bits per heavy atom. The standard InChI is InChI=1S/C17H22FN3O3S/c1-11-8-12(6-7-14(11)18)19-16(22)15-9-13(10-21(15)5)25(23,24)20-17(2,3)4/h6-10,20H,1-5H3,(H,19,22)/i6D,8D. The van der Waals surface area contributed by atoms with E-state index in [1.165, 1.54) is 30.8 Å². The largest absolute Gasteiger partial charge is 0.345 e. The van der Waals surface area contributed by atoms with Gasteiger partial charge in [0.15, 0.2) is 0 Å². The molecule has 2 N–H and O–H groups in total. The van der Waals surface area contributed by atoms with Crippen LogP contribution in [0.3, 0.4) is 0 Å². The molecule has 1 amide bonds. The lowest BCUT2D eigenvalue weighted by Crippen LogP contribution is -2.40. The van der Waals surface area contributed by atoms with E-state index < -0.39 is 27.3 Å². The SMILES string of the molecule is [2H]c1cc(F)c(C)c([2H])c1NC(=O)c1cc(S(=O)(=O)NC(C)(C)C)cn1C. The normalized spacial score (nSPS) is 13.4. The number of aryl methyl sites for hydroxylation is 1. The number of sulfonamides is 1. The third kappa shape index (κ3) is 4.67. The molecule has 1 aromatic carbocycles. The van der Waals surface area contributed by atoms with Gasteiger partial charge in [-0.25, -0.2) is 17.5 Å². The summed E-state index contributed by atoms with van der Waals surface area (Å²) >= 11 is 0. The summed E-state index contributed by atoms with van der Waals surface area (Å²) in [6, 6.07) is 1.47. The third-order valence-electron chi connectivity index (χ3n) is 3.22. The minimum absolute atomic E-state index is 0.00539. The van der Waals surface area contributed by atoms with Crippen molar-refractivity contribution in [2.75, 3.05) is 5.32 Å². The zero-order chi connectivity index (χ0) is 20.7. The highest BCUT2D eigenvalue weighted by Crippen LogP contribution is 2.18. The van der Waals surface area contributed by atoms with Crippen molar-refractivity contribution in [3.05, 3.63) is 47.5 Å². The molecule has 0 unspecified atom stereocenters. The minimum atomic E-state index is -3.83. The maximum absolute atomic E-state index is 13.6. The summed E-state index contributed by atoms with van der Waals surface area (Å²) in [5.41, 5.74) is -0.809. The van der Waals surface area contributed by atoms with Crippen LogP contribution in [0.1, 0.15) is 39.6 Å². The average molecular weight is 369 g/mol. The predicted octanol–water partition coefficient (Wildman–Crippen LogP) is 2.80. The molecule has 6 nitrogen and oxygen atoms in total. The van der Waals surface area contributed by atoms with Gasteiger partial charge in [-0.2, -0.15) is 0 Å². The molecule has 0 aliphatic rings. The molecular formula is C17H22FN3O3S. The number of benzene rings is 1. The van der Waals surface area contributed by atoms with Gasteiger partial charge in [0.2, 0.25) is 10.0 Å². The topological polar surface area (TPSA) is 80.2 Å². The molecule has 0 bridgehead atoms. The van der Waals surface area contributed by atoms with Gasteiger partial charge in [0.05, 0.1) is 2.74 Å². The molecule has 0 aliphatic carbocycles. The Morgan fingerprint density at radius 1 is 1.36 bits per heavy atom. The van der Waals surface area contributed by atoms with Crippen LogP contribution >= 0.6 is 0 Å². The highest BCUT2D eigenvalue weighted by Gasteiger charge is 2.25. The van der Waals surface area contributed by atoms with Crippen molar-refractivity contribution >= 4 is 21.6 Å². The van der Waals surface area contributed by atoms with Crippen molar-refractivity contribution in [1.82, 2.24) is 9.29 Å². The highest BCUT2D eigenvalue weighted by molar-refractivity contribution is 7.89. The fourth-order valence-electron chi connectivity index (χ4n) is 2.14. The van der Waals surface area contributed by atoms with Crippen LogP contribution in [0.25, 0.3) is 0 Å². The van der Waals surface area contributed by atoms with Gasteiger partial charge in [-0.3, -0.25) is 4.79 Å². The zero-order valence-electron chi connectivity index (χ0n) is 16.7. The fourth-order valence-corrected chi connectivity index (χ4v) is 3.63. The lowest BCUT2D eigenvalue weighted by molar-refractivity contribution is 0.101. The van der Waals surface area contributed by atoms with Crippen LogP contribution in [0.4, 0.5) is 10.1 Å². The van der Waals surface area contributed by atoms with E-state index >= 15 is 0 Å². The second-order valence-electron chi connectivity index (χ2n) is 6.74. The summed E-state index contributed by atoms with van der Waals surface area (Å²) in [7, 11) is -2.33. The number of nitrogens with zero attached hydrogens (tertiary/aromatic N) is 1. The number of carbonyl (C=O) groups is 1. The molecule has 25 heavy (non-hydrogen) atoms. The molecule has 1 aromatic heterocycles. The summed E-state index contributed by atoms with van der Waals surface area (Å²) in [4.78, 5) is 12.5. The number of hydrogen-bond acceptors (Lipinski definition) is 3. The van der Waals surface area contributed by atoms with Crippen molar-refractivity contribution in [2.45, 2.75) is 38.1 Å². The third-order valence-corrected chi connectivity index (χ3v) is 4.94. The number of rotatable bonds is 4. The first-order valence-corrected chi connectivity index (χ1v) is 8.99. The maximum atomic E-state index is 13.6. The molecule has 8 heteroatoms. The number of amides is 1. The van der Waals surface area contributed by atoms with Crippen LogP contribution in [-0.2, 0) is 17.1 Å². The van der Waals surface area contributed by atoms with E-state index in [1.807, 2.05) is 0 Å². The molecular weight excluding hydrogens is 345 g/mol. The molecule has 0 saturated heterocycles. The monoisotopic (exact) mass is 369 g/mol. The summed E-state index contributed by atoms with van der Waals surface area (Å²) in [5.74, 6) is -1.41. The first-order valence-electron chi connectivity index (χ1n) is 8.51. The molecule has 0 atom stereocenters. The maximum Gasteiger partial charge on any atom is 0.272 e. The van der Waals surface area contributed by atoms with Gasteiger partial charge >= 0.3 is 0 Å². The van der Waals surface area contributed by atoms with Crippen molar-refractivity contribution in [2.24, 2.45) is 7.05 Å². The number of carbonyl (C=O) groups excluding carboxylic acids is 1. The van der Waals surface area contributed by atoms with Gasteiger partial charge in [0.1, 0.15) is 16.4 Å². The molecule has 136 valence electrons. The number of halogens is 1. The van der Waals surface area contributed by atoms with Crippen LogP contribution in [0.15, 0.2) is 35.3 Å². The summed E-state index contributed by atoms with van der Waals surface area (Å²) < 4.78 is 57.9. The first kappa shape index (κ1) is 16.3. The summed E-state index contributed by atoms with van der Waals surface area (Å²) in [6.07, 6.45) is 1.29. The lowest BCUT2D eigenvalue weighted by atomic mass is 10.1. The van der Waals surface area contributed by atoms with E-state index in [1.54, 1.807) is 20.8 Å². The summed E-state index contributed by atoms with van der Waals surface area (Å²) in [5, 5.41) is 2.40. The summed E-state index contributed by atoms with van der Waals surface area (Å²) in [6.45, 7) is 6.47. The first-order chi connectivity index (χ1) is 12.2. The van der Waals surface area contributed by atoms with E-state index in [4.69, 9.17) is 2.74 Å². The van der Waals surface area contributed by atoms with Crippen LogP contribution in [-0.4, -0.2) is 24.4 Å². The van der Waals surface area contributed by atoms with E-state index in [-0.39, 0.29) is 33.9 Å². The van der Waals surface area contributed by atoms with Gasteiger partial charge in [0, 0.05) is 24.5 Å². The molecule has 0 fully saturated rings. The van der Waals surface area contributed by atoms with Crippen LogP contribution in [0, 0.1) is 12.7 Å².